The number of nitrogen functional groups attached to an aromatic ring is 1. The highest BCUT2D eigenvalue weighted by Gasteiger charge is 2.44. The summed E-state index contributed by atoms with van der Waals surface area (Å²) in [5, 5.41) is 3.12. The van der Waals surface area contributed by atoms with Crippen molar-refractivity contribution >= 4 is 45.1 Å². The van der Waals surface area contributed by atoms with Crippen molar-refractivity contribution < 1.29 is 27.1 Å². The van der Waals surface area contributed by atoms with Crippen LogP contribution < -0.4 is 21.7 Å². The minimum atomic E-state index is -4.36. The number of nitrogens with two attached hydrogens (primary N) is 2. The number of rotatable bonds is 4. The van der Waals surface area contributed by atoms with Crippen molar-refractivity contribution in [2.24, 2.45) is 11.7 Å². The Labute approximate surface area is 202 Å². The molecule has 0 aliphatic carbocycles. The smallest absolute Gasteiger partial charge is 0.393 e. The molecule has 3 aromatic heterocycles. The second-order valence-electron chi connectivity index (χ2n) is 8.98. The van der Waals surface area contributed by atoms with E-state index >= 15 is 0 Å². The van der Waals surface area contributed by atoms with Crippen molar-refractivity contribution in [2.75, 3.05) is 42.3 Å². The van der Waals surface area contributed by atoms with Crippen LogP contribution in [0, 0.1) is 5.92 Å². The van der Waals surface area contributed by atoms with E-state index in [1.165, 1.54) is 11.1 Å². The van der Waals surface area contributed by atoms with Gasteiger partial charge < -0.3 is 30.8 Å². The van der Waals surface area contributed by atoms with Gasteiger partial charge in [0.1, 0.15) is 16.1 Å². The van der Waals surface area contributed by atoms with Crippen LogP contribution in [0.4, 0.5) is 29.7 Å². The predicted octanol–water partition coefficient (Wildman–Crippen LogP) is 3.73. The summed E-state index contributed by atoms with van der Waals surface area (Å²) in [6.45, 7) is 1.33. The SMILES string of the molecule is Nc1oc2cc(C3CCOCC3)cnc2c1C(=O)Nc1cnsc1N1C[C@@H](N)C[C@@H](C(F)(F)F)C1. The lowest BCUT2D eigenvalue weighted by molar-refractivity contribution is -0.177. The fraction of sp³-hybridized carbons (Fsp3) is 0.500. The van der Waals surface area contributed by atoms with E-state index < -0.39 is 24.0 Å². The van der Waals surface area contributed by atoms with Gasteiger partial charge in [0.15, 0.2) is 5.58 Å². The highest BCUT2D eigenvalue weighted by Crippen LogP contribution is 2.39. The molecule has 0 radical (unpaired) electrons. The van der Waals surface area contributed by atoms with Gasteiger partial charge in [0.25, 0.3) is 5.91 Å². The van der Waals surface area contributed by atoms with E-state index in [2.05, 4.69) is 14.7 Å². The number of nitrogens with one attached hydrogen (secondary N) is 1. The molecule has 0 unspecified atom stereocenters. The molecule has 0 bridgehead atoms. The third kappa shape index (κ3) is 4.80. The second kappa shape index (κ2) is 9.28. The third-order valence-corrected chi connectivity index (χ3v) is 7.39. The Hall–Kier alpha value is -2.90. The summed E-state index contributed by atoms with van der Waals surface area (Å²) >= 11 is 0.993. The average Bonchev–Trinajstić information content (AvgIpc) is 3.41. The van der Waals surface area contributed by atoms with Gasteiger partial charge in [-0.15, -0.1) is 0 Å². The number of amides is 1. The standard InChI is InChI=1S/C22H25F3N6O3S/c23-22(24,25)13-6-14(26)10-31(9-13)21-15(8-29-35-21)30-20(32)17-18-16(34-19(17)27)5-12(7-28-18)11-1-3-33-4-2-11/h5,7-8,11,13-14H,1-4,6,9-10,26-27H2,(H,30,32)/t13-,14+/m1/s1. The molecule has 1 amide bonds. The summed E-state index contributed by atoms with van der Waals surface area (Å²) in [6, 6.07) is 1.19. The lowest BCUT2D eigenvalue weighted by atomic mass is 9.93. The predicted molar refractivity (Wildman–Crippen MR) is 126 cm³/mol. The fourth-order valence-corrected chi connectivity index (χ4v) is 5.48. The number of piperidine rings is 1. The number of pyridine rings is 1. The number of carbonyl (C=O) groups is 1. The van der Waals surface area contributed by atoms with Gasteiger partial charge in [-0.25, -0.2) is 0 Å². The largest absolute Gasteiger partial charge is 0.438 e. The molecule has 188 valence electrons. The zero-order valence-electron chi connectivity index (χ0n) is 18.7. The quantitative estimate of drug-likeness (QED) is 0.484. The summed E-state index contributed by atoms with van der Waals surface area (Å²) in [5.41, 5.74) is 14.0. The zero-order chi connectivity index (χ0) is 24.7. The normalized spacial score (nSPS) is 22.0. The Morgan fingerprint density at radius 2 is 2.00 bits per heavy atom. The number of alkyl halides is 3. The number of carbonyl (C=O) groups excluding carboxylic acids is 1. The first kappa shape index (κ1) is 23.8. The zero-order valence-corrected chi connectivity index (χ0v) is 19.5. The maximum absolute atomic E-state index is 13.4. The second-order valence-corrected chi connectivity index (χ2v) is 9.76. The molecule has 0 aromatic carbocycles. The van der Waals surface area contributed by atoms with Gasteiger partial charge in [-0.05, 0) is 48.3 Å². The van der Waals surface area contributed by atoms with Gasteiger partial charge in [0, 0.05) is 38.5 Å². The van der Waals surface area contributed by atoms with E-state index in [0.29, 0.717) is 35.2 Å². The molecule has 5 heterocycles. The molecule has 2 fully saturated rings. The van der Waals surface area contributed by atoms with E-state index in [1.807, 2.05) is 6.07 Å². The first-order valence-electron chi connectivity index (χ1n) is 11.3. The van der Waals surface area contributed by atoms with Crippen LogP contribution in [0.25, 0.3) is 11.1 Å². The molecule has 13 heteroatoms. The number of fused-ring (bicyclic) bond motifs is 1. The summed E-state index contributed by atoms with van der Waals surface area (Å²) in [6.07, 6.45) is 0.368. The average molecular weight is 511 g/mol. The number of halogens is 3. The maximum Gasteiger partial charge on any atom is 0.393 e. The topological polar surface area (TPSA) is 133 Å². The van der Waals surface area contributed by atoms with Crippen LogP contribution in [0.5, 0.6) is 0 Å². The number of ether oxygens (including phenoxy) is 1. The Morgan fingerprint density at radius 1 is 1.23 bits per heavy atom. The minimum Gasteiger partial charge on any atom is -0.438 e. The molecule has 35 heavy (non-hydrogen) atoms. The highest BCUT2D eigenvalue weighted by atomic mass is 32.1. The minimum absolute atomic E-state index is 0.0687. The van der Waals surface area contributed by atoms with Gasteiger partial charge in [-0.1, -0.05) is 0 Å². The van der Waals surface area contributed by atoms with Crippen molar-refractivity contribution in [3.63, 3.8) is 0 Å². The van der Waals surface area contributed by atoms with Crippen LogP contribution in [0.15, 0.2) is 22.9 Å². The van der Waals surface area contributed by atoms with Gasteiger partial charge >= 0.3 is 6.18 Å². The van der Waals surface area contributed by atoms with Crippen LogP contribution >= 0.6 is 11.5 Å². The molecule has 2 saturated heterocycles. The number of aromatic nitrogens is 2. The highest BCUT2D eigenvalue weighted by molar-refractivity contribution is 7.11. The van der Waals surface area contributed by atoms with E-state index in [0.717, 1.165) is 29.9 Å². The molecule has 3 aromatic rings. The first-order chi connectivity index (χ1) is 16.7. The lowest BCUT2D eigenvalue weighted by Gasteiger charge is -2.37. The van der Waals surface area contributed by atoms with E-state index in [9.17, 15) is 18.0 Å². The Kier molecular flexibility index (Phi) is 6.32. The van der Waals surface area contributed by atoms with Crippen LogP contribution in [0.3, 0.4) is 0 Å². The molecule has 0 spiro atoms. The maximum atomic E-state index is 13.4. The molecule has 5 rings (SSSR count). The monoisotopic (exact) mass is 510 g/mol. The Bertz CT molecular complexity index is 1220. The summed E-state index contributed by atoms with van der Waals surface area (Å²) in [5.74, 6) is -1.93. The number of nitrogens with zero attached hydrogens (tertiary/aromatic N) is 3. The fourth-order valence-electron chi connectivity index (χ4n) is 4.76. The molecule has 2 atom stereocenters. The van der Waals surface area contributed by atoms with Crippen molar-refractivity contribution in [3.8, 4) is 0 Å². The summed E-state index contributed by atoms with van der Waals surface area (Å²) in [7, 11) is 0. The van der Waals surface area contributed by atoms with Gasteiger partial charge in [0.2, 0.25) is 5.88 Å². The van der Waals surface area contributed by atoms with E-state index in [-0.39, 0.29) is 36.6 Å². The van der Waals surface area contributed by atoms with Crippen molar-refractivity contribution in [3.05, 3.63) is 29.6 Å². The molecule has 5 N–H and O–H groups in total. The molecule has 9 nitrogen and oxygen atoms in total. The Balaban J connectivity index is 1.38. The lowest BCUT2D eigenvalue weighted by Crippen LogP contribution is -2.51. The summed E-state index contributed by atoms with van der Waals surface area (Å²) < 4.78 is 55.2. The number of furan rings is 1. The third-order valence-electron chi connectivity index (χ3n) is 6.53. The van der Waals surface area contributed by atoms with Gasteiger partial charge in [-0.2, -0.15) is 17.5 Å². The summed E-state index contributed by atoms with van der Waals surface area (Å²) in [4.78, 5) is 19.1. The van der Waals surface area contributed by atoms with Crippen LogP contribution in [-0.2, 0) is 4.74 Å². The van der Waals surface area contributed by atoms with Crippen LogP contribution in [0.2, 0.25) is 0 Å². The van der Waals surface area contributed by atoms with Gasteiger partial charge in [0.05, 0.1) is 17.8 Å². The van der Waals surface area contributed by atoms with Crippen molar-refractivity contribution in [1.82, 2.24) is 9.36 Å². The number of hydrogen-bond acceptors (Lipinski definition) is 9. The van der Waals surface area contributed by atoms with Crippen LogP contribution in [0.1, 0.15) is 41.1 Å². The van der Waals surface area contributed by atoms with Crippen LogP contribution in [-0.4, -0.2) is 53.8 Å². The van der Waals surface area contributed by atoms with E-state index in [4.69, 9.17) is 20.6 Å². The molecule has 0 saturated carbocycles. The van der Waals surface area contributed by atoms with Gasteiger partial charge in [-0.3, -0.25) is 9.78 Å². The molecular weight excluding hydrogens is 485 g/mol. The molecular formula is C22H25F3N6O3S. The first-order valence-corrected chi connectivity index (χ1v) is 12.1. The number of hydrogen-bond donors (Lipinski definition) is 3. The van der Waals surface area contributed by atoms with Crippen molar-refractivity contribution in [2.45, 2.75) is 37.4 Å². The molecule has 2 aliphatic rings. The number of anilines is 3. The van der Waals surface area contributed by atoms with Crippen molar-refractivity contribution in [1.29, 1.82) is 0 Å². The Morgan fingerprint density at radius 3 is 2.74 bits per heavy atom. The molecule has 2 aliphatic heterocycles. The van der Waals surface area contributed by atoms with E-state index in [1.54, 1.807) is 6.20 Å².